The largest absolute Gasteiger partial charge is 0.394 e. The third kappa shape index (κ3) is 4.30. The maximum Gasteiger partial charge on any atom is 0.236 e. The Labute approximate surface area is 119 Å². The number of benzene rings is 1. The summed E-state index contributed by atoms with van der Waals surface area (Å²) in [5.41, 5.74) is 1.23. The number of hydrogen-bond donors (Lipinski definition) is 2. The number of carbonyl (C=O) groups is 1. The van der Waals surface area contributed by atoms with Crippen molar-refractivity contribution in [2.24, 2.45) is 0 Å². The third-order valence-electron chi connectivity index (χ3n) is 3.59. The Hall–Kier alpha value is -1.43. The van der Waals surface area contributed by atoms with E-state index in [-0.39, 0.29) is 12.5 Å². The van der Waals surface area contributed by atoms with Gasteiger partial charge in [0.05, 0.1) is 19.3 Å². The predicted octanol–water partition coefficient (Wildman–Crippen LogP) is -0.273. The third-order valence-corrected chi connectivity index (χ3v) is 3.59. The first-order valence-corrected chi connectivity index (χ1v) is 7.02. The molecular formula is C15H22N2O3. The molecule has 1 aromatic carbocycles. The van der Waals surface area contributed by atoms with Crippen molar-refractivity contribution in [1.82, 2.24) is 9.80 Å². The minimum atomic E-state index is -0.765. The molecule has 20 heavy (non-hydrogen) atoms. The average molecular weight is 278 g/mol. The van der Waals surface area contributed by atoms with Gasteiger partial charge in [0.2, 0.25) is 5.91 Å². The number of aliphatic hydroxyl groups is 2. The summed E-state index contributed by atoms with van der Waals surface area (Å²) in [5, 5.41) is 18.2. The van der Waals surface area contributed by atoms with Crippen molar-refractivity contribution >= 4 is 5.91 Å². The van der Waals surface area contributed by atoms with E-state index in [0.717, 1.165) is 19.5 Å². The van der Waals surface area contributed by atoms with E-state index in [0.29, 0.717) is 19.6 Å². The summed E-state index contributed by atoms with van der Waals surface area (Å²) < 4.78 is 0. The van der Waals surface area contributed by atoms with Crippen LogP contribution in [-0.4, -0.2) is 71.4 Å². The molecule has 1 aromatic rings. The van der Waals surface area contributed by atoms with Gasteiger partial charge >= 0.3 is 0 Å². The van der Waals surface area contributed by atoms with Crippen molar-refractivity contribution in [3.8, 4) is 0 Å². The van der Waals surface area contributed by atoms with E-state index in [1.807, 2.05) is 28.0 Å². The highest BCUT2D eigenvalue weighted by atomic mass is 16.3. The van der Waals surface area contributed by atoms with Crippen LogP contribution in [0.2, 0.25) is 0 Å². The second-order valence-electron chi connectivity index (χ2n) is 5.19. The molecule has 0 unspecified atom stereocenters. The van der Waals surface area contributed by atoms with Gasteiger partial charge in [0.25, 0.3) is 0 Å². The van der Waals surface area contributed by atoms with Crippen LogP contribution in [0.4, 0.5) is 0 Å². The van der Waals surface area contributed by atoms with Crippen LogP contribution in [0.25, 0.3) is 0 Å². The lowest BCUT2D eigenvalue weighted by molar-refractivity contribution is -0.136. The molecular weight excluding hydrogens is 256 g/mol. The Morgan fingerprint density at radius 2 is 1.95 bits per heavy atom. The molecule has 0 aliphatic carbocycles. The average Bonchev–Trinajstić information content (AvgIpc) is 2.47. The normalized spacial score (nSPS) is 18.3. The van der Waals surface area contributed by atoms with E-state index in [1.165, 1.54) is 5.56 Å². The Balaban J connectivity index is 1.77. The fraction of sp³-hybridized carbons (Fsp3) is 0.533. The summed E-state index contributed by atoms with van der Waals surface area (Å²) in [6, 6.07) is 10.1. The molecule has 1 amide bonds. The number of β-amino-alcohol motifs (C(OH)–C–C–N with tert-alkyl or cyclic N) is 1. The van der Waals surface area contributed by atoms with Gasteiger partial charge in [-0.25, -0.2) is 0 Å². The molecule has 1 heterocycles. The number of nitrogens with zero attached hydrogens (tertiary/aromatic N) is 2. The smallest absolute Gasteiger partial charge is 0.236 e. The van der Waals surface area contributed by atoms with Crippen LogP contribution in [0.15, 0.2) is 30.3 Å². The topological polar surface area (TPSA) is 64.0 Å². The van der Waals surface area contributed by atoms with E-state index >= 15 is 0 Å². The fourth-order valence-electron chi connectivity index (χ4n) is 2.41. The van der Waals surface area contributed by atoms with Crippen molar-refractivity contribution in [1.29, 1.82) is 0 Å². The van der Waals surface area contributed by atoms with Crippen molar-refractivity contribution in [2.75, 3.05) is 39.3 Å². The molecule has 0 aromatic heterocycles. The molecule has 0 saturated carbocycles. The summed E-state index contributed by atoms with van der Waals surface area (Å²) >= 11 is 0. The van der Waals surface area contributed by atoms with E-state index < -0.39 is 6.10 Å². The minimum absolute atomic E-state index is 0.0947. The monoisotopic (exact) mass is 278 g/mol. The van der Waals surface area contributed by atoms with Gasteiger partial charge in [0.15, 0.2) is 0 Å². The molecule has 1 saturated heterocycles. The summed E-state index contributed by atoms with van der Waals surface area (Å²) in [7, 11) is 0. The maximum absolute atomic E-state index is 12.0. The standard InChI is InChI=1S/C15H22N2O3/c18-12-14(19)10-16-8-9-17(15(20)11-16)7-6-13-4-2-1-3-5-13/h1-5,14,18-19H,6-12H2/t14-/m1/s1. The molecule has 1 atom stereocenters. The van der Waals surface area contributed by atoms with Gasteiger partial charge in [-0.3, -0.25) is 9.69 Å². The number of piperazine rings is 1. The van der Waals surface area contributed by atoms with Crippen LogP contribution in [0.5, 0.6) is 0 Å². The highest BCUT2D eigenvalue weighted by Gasteiger charge is 2.24. The SMILES string of the molecule is O=C1CN(C[C@@H](O)CO)CCN1CCc1ccccc1. The fourth-order valence-corrected chi connectivity index (χ4v) is 2.41. The second-order valence-corrected chi connectivity index (χ2v) is 5.19. The Morgan fingerprint density at radius 3 is 2.60 bits per heavy atom. The number of rotatable bonds is 6. The minimum Gasteiger partial charge on any atom is -0.394 e. The van der Waals surface area contributed by atoms with Gasteiger partial charge in [-0.15, -0.1) is 0 Å². The van der Waals surface area contributed by atoms with Crippen LogP contribution in [0, 0.1) is 0 Å². The number of carbonyl (C=O) groups excluding carboxylic acids is 1. The zero-order valence-electron chi connectivity index (χ0n) is 11.6. The van der Waals surface area contributed by atoms with Crippen LogP contribution in [0.1, 0.15) is 5.56 Å². The molecule has 5 nitrogen and oxygen atoms in total. The summed E-state index contributed by atoms with van der Waals surface area (Å²) in [5.74, 6) is 0.0947. The molecule has 2 N–H and O–H groups in total. The molecule has 1 aliphatic heterocycles. The molecule has 1 fully saturated rings. The van der Waals surface area contributed by atoms with E-state index in [1.54, 1.807) is 0 Å². The summed E-state index contributed by atoms with van der Waals surface area (Å²) in [6.07, 6.45) is 0.102. The first-order chi connectivity index (χ1) is 9.69. The predicted molar refractivity (Wildman–Crippen MR) is 76.3 cm³/mol. The van der Waals surface area contributed by atoms with E-state index in [2.05, 4.69) is 12.1 Å². The van der Waals surface area contributed by atoms with Gasteiger partial charge in [-0.2, -0.15) is 0 Å². The maximum atomic E-state index is 12.0. The lowest BCUT2D eigenvalue weighted by Crippen LogP contribution is -2.52. The Bertz CT molecular complexity index is 424. The number of amides is 1. The highest BCUT2D eigenvalue weighted by molar-refractivity contribution is 5.79. The zero-order chi connectivity index (χ0) is 14.4. The van der Waals surface area contributed by atoms with Gasteiger partial charge in [-0.1, -0.05) is 30.3 Å². The van der Waals surface area contributed by atoms with Gasteiger partial charge < -0.3 is 15.1 Å². The lowest BCUT2D eigenvalue weighted by Gasteiger charge is -2.35. The van der Waals surface area contributed by atoms with Crippen LogP contribution in [0.3, 0.4) is 0 Å². The quantitative estimate of drug-likeness (QED) is 0.752. The highest BCUT2D eigenvalue weighted by Crippen LogP contribution is 2.07. The summed E-state index contributed by atoms with van der Waals surface area (Å²) in [6.45, 7) is 2.59. The van der Waals surface area contributed by atoms with Gasteiger partial charge in [-0.05, 0) is 12.0 Å². The van der Waals surface area contributed by atoms with Crippen molar-refractivity contribution in [3.63, 3.8) is 0 Å². The Morgan fingerprint density at radius 1 is 1.20 bits per heavy atom. The van der Waals surface area contributed by atoms with Crippen LogP contribution in [-0.2, 0) is 11.2 Å². The summed E-state index contributed by atoms with van der Waals surface area (Å²) in [4.78, 5) is 15.8. The van der Waals surface area contributed by atoms with Crippen LogP contribution >= 0.6 is 0 Å². The van der Waals surface area contributed by atoms with E-state index in [4.69, 9.17) is 5.11 Å². The number of aliphatic hydroxyl groups excluding tert-OH is 2. The first-order valence-electron chi connectivity index (χ1n) is 7.02. The van der Waals surface area contributed by atoms with Crippen molar-refractivity contribution < 1.29 is 15.0 Å². The van der Waals surface area contributed by atoms with Gasteiger partial charge in [0.1, 0.15) is 0 Å². The number of hydrogen-bond acceptors (Lipinski definition) is 4. The van der Waals surface area contributed by atoms with Crippen LogP contribution < -0.4 is 0 Å². The lowest BCUT2D eigenvalue weighted by atomic mass is 10.1. The molecule has 5 heteroatoms. The molecule has 0 spiro atoms. The molecule has 110 valence electrons. The first kappa shape index (κ1) is 15.0. The molecule has 0 radical (unpaired) electrons. The molecule has 2 rings (SSSR count). The van der Waals surface area contributed by atoms with Crippen molar-refractivity contribution in [3.05, 3.63) is 35.9 Å². The van der Waals surface area contributed by atoms with Gasteiger partial charge in [0, 0.05) is 26.2 Å². The Kier molecular flexibility index (Phi) is 5.52. The molecule has 0 bridgehead atoms. The molecule has 1 aliphatic rings. The zero-order valence-corrected chi connectivity index (χ0v) is 11.6. The van der Waals surface area contributed by atoms with Crippen molar-refractivity contribution in [2.45, 2.75) is 12.5 Å². The second kappa shape index (κ2) is 7.38. The van der Waals surface area contributed by atoms with E-state index in [9.17, 15) is 9.90 Å².